The van der Waals surface area contributed by atoms with Crippen molar-refractivity contribution in [2.24, 2.45) is 0 Å². The summed E-state index contributed by atoms with van der Waals surface area (Å²) in [7, 11) is 1.42. The summed E-state index contributed by atoms with van der Waals surface area (Å²) in [4.78, 5) is 23.8. The van der Waals surface area contributed by atoms with E-state index < -0.39 is 0 Å². The Hall–Kier alpha value is -2.27. The van der Waals surface area contributed by atoms with Crippen LogP contribution in [-0.4, -0.2) is 34.5 Å². The van der Waals surface area contributed by atoms with Crippen molar-refractivity contribution >= 4 is 5.97 Å². The van der Waals surface area contributed by atoms with E-state index >= 15 is 0 Å². The smallest absolute Gasteiger partial charge is 0.337 e. The Morgan fingerprint density at radius 1 is 1.26 bits per heavy atom. The predicted octanol–water partition coefficient (Wildman–Crippen LogP) is 3.87. The topological polar surface area (TPSA) is 55.3 Å². The lowest BCUT2D eigenvalue weighted by Gasteiger charge is -2.29. The number of carbonyl (C=O) groups is 1. The van der Waals surface area contributed by atoms with Crippen molar-refractivity contribution in [3.8, 4) is 0 Å². The van der Waals surface area contributed by atoms with Crippen LogP contribution in [0.25, 0.3) is 0 Å². The number of esters is 1. The molecule has 1 aromatic carbocycles. The Morgan fingerprint density at radius 2 is 2.11 bits per heavy atom. The summed E-state index contributed by atoms with van der Waals surface area (Å²) in [5, 5.41) is 0. The van der Waals surface area contributed by atoms with Crippen molar-refractivity contribution in [1.29, 1.82) is 0 Å². The molecule has 0 amide bonds. The van der Waals surface area contributed by atoms with Gasteiger partial charge in [0.1, 0.15) is 5.82 Å². The molecule has 0 N–H and O–H groups in total. The fraction of sp³-hybridized carbons (Fsp3) is 0.500. The van der Waals surface area contributed by atoms with Gasteiger partial charge in [0.2, 0.25) is 0 Å². The third-order valence-corrected chi connectivity index (χ3v) is 5.77. The Labute approximate surface area is 160 Å². The molecule has 27 heavy (non-hydrogen) atoms. The predicted molar refractivity (Wildman–Crippen MR) is 103 cm³/mol. The summed E-state index contributed by atoms with van der Waals surface area (Å²) in [5.74, 6) is 1.30. The zero-order chi connectivity index (χ0) is 18.6. The highest BCUT2D eigenvalue weighted by atomic mass is 16.5. The maximum Gasteiger partial charge on any atom is 0.337 e. The number of fused-ring (bicyclic) bond motifs is 1. The van der Waals surface area contributed by atoms with Crippen LogP contribution in [0.2, 0.25) is 0 Å². The average molecular weight is 365 g/mol. The molecular weight excluding hydrogens is 338 g/mol. The van der Waals surface area contributed by atoms with Gasteiger partial charge in [-0.2, -0.15) is 0 Å². The van der Waals surface area contributed by atoms with Crippen molar-refractivity contribution < 1.29 is 9.53 Å². The van der Waals surface area contributed by atoms with E-state index in [9.17, 15) is 4.79 Å². The molecule has 2 aromatic rings. The molecule has 2 heterocycles. The molecule has 0 spiro atoms. The number of methoxy groups -OCH3 is 1. The second kappa shape index (κ2) is 8.17. The number of rotatable bonds is 4. The Balaban J connectivity index is 1.47. The second-order valence-electron chi connectivity index (χ2n) is 7.69. The molecule has 0 saturated heterocycles. The van der Waals surface area contributed by atoms with E-state index in [1.165, 1.54) is 50.5 Å². The standard InChI is InChI=1S/C22H27N3O2/c1-27-22(26)18-9-5-6-16(12-18)14-25-11-10-19-13-23-21(24-20(19)15-25)17-7-3-2-4-8-17/h5-6,9,12-13,17H,2-4,7-8,10-11,14-15H2,1H3. The van der Waals surface area contributed by atoms with E-state index in [0.29, 0.717) is 11.5 Å². The molecule has 0 atom stereocenters. The van der Waals surface area contributed by atoms with E-state index in [1.807, 2.05) is 12.1 Å². The van der Waals surface area contributed by atoms with Crippen LogP contribution in [0.4, 0.5) is 0 Å². The van der Waals surface area contributed by atoms with Crippen molar-refractivity contribution in [2.45, 2.75) is 57.5 Å². The van der Waals surface area contributed by atoms with E-state index in [4.69, 9.17) is 9.72 Å². The molecule has 0 bridgehead atoms. The van der Waals surface area contributed by atoms with Crippen LogP contribution in [0.5, 0.6) is 0 Å². The first-order valence-corrected chi connectivity index (χ1v) is 9.97. The number of aromatic nitrogens is 2. The summed E-state index contributed by atoms with van der Waals surface area (Å²) in [6, 6.07) is 7.71. The molecule has 1 aliphatic carbocycles. The first-order valence-electron chi connectivity index (χ1n) is 9.97. The van der Waals surface area contributed by atoms with Crippen LogP contribution in [0, 0.1) is 0 Å². The molecule has 5 heteroatoms. The lowest BCUT2D eigenvalue weighted by molar-refractivity contribution is 0.0600. The monoisotopic (exact) mass is 365 g/mol. The van der Waals surface area contributed by atoms with Crippen LogP contribution < -0.4 is 0 Å². The zero-order valence-corrected chi connectivity index (χ0v) is 16.0. The fourth-order valence-corrected chi connectivity index (χ4v) is 4.24. The highest BCUT2D eigenvalue weighted by Gasteiger charge is 2.23. The maximum absolute atomic E-state index is 11.8. The van der Waals surface area contributed by atoms with Gasteiger partial charge in [-0.25, -0.2) is 14.8 Å². The summed E-state index contributed by atoms with van der Waals surface area (Å²) in [6.07, 6.45) is 9.44. The number of hydrogen-bond donors (Lipinski definition) is 0. The van der Waals surface area contributed by atoms with E-state index in [-0.39, 0.29) is 5.97 Å². The van der Waals surface area contributed by atoms with Gasteiger partial charge in [0.05, 0.1) is 18.4 Å². The molecule has 0 unspecified atom stereocenters. The highest BCUT2D eigenvalue weighted by Crippen LogP contribution is 2.31. The molecule has 1 saturated carbocycles. The number of nitrogens with zero attached hydrogens (tertiary/aromatic N) is 3. The Kier molecular flexibility index (Phi) is 5.48. The maximum atomic E-state index is 11.8. The molecule has 1 aliphatic heterocycles. The van der Waals surface area contributed by atoms with Gasteiger partial charge in [-0.15, -0.1) is 0 Å². The number of benzene rings is 1. The summed E-state index contributed by atoms with van der Waals surface area (Å²) < 4.78 is 4.83. The minimum absolute atomic E-state index is 0.286. The van der Waals surface area contributed by atoms with Crippen LogP contribution in [-0.2, 0) is 24.2 Å². The van der Waals surface area contributed by atoms with Crippen LogP contribution in [0.1, 0.15) is 71.0 Å². The lowest BCUT2D eigenvalue weighted by Crippen LogP contribution is -2.31. The first-order chi connectivity index (χ1) is 13.2. The van der Waals surface area contributed by atoms with Gasteiger partial charge < -0.3 is 4.74 Å². The number of hydrogen-bond acceptors (Lipinski definition) is 5. The second-order valence-corrected chi connectivity index (χ2v) is 7.69. The van der Waals surface area contributed by atoms with Gasteiger partial charge >= 0.3 is 5.97 Å². The third-order valence-electron chi connectivity index (χ3n) is 5.77. The highest BCUT2D eigenvalue weighted by molar-refractivity contribution is 5.89. The summed E-state index contributed by atoms with van der Waals surface area (Å²) in [6.45, 7) is 2.65. The third kappa shape index (κ3) is 4.19. The average Bonchev–Trinajstić information content (AvgIpc) is 2.73. The Morgan fingerprint density at radius 3 is 2.93 bits per heavy atom. The minimum atomic E-state index is -0.286. The van der Waals surface area contributed by atoms with Gasteiger partial charge in [-0.05, 0) is 42.5 Å². The molecule has 0 radical (unpaired) electrons. The largest absolute Gasteiger partial charge is 0.465 e. The molecule has 4 rings (SSSR count). The number of ether oxygens (including phenoxy) is 1. The molecular formula is C22H27N3O2. The summed E-state index contributed by atoms with van der Waals surface area (Å²) in [5.41, 5.74) is 4.20. The van der Waals surface area contributed by atoms with E-state index in [1.54, 1.807) is 6.07 Å². The first kappa shape index (κ1) is 18.1. The molecule has 2 aliphatic rings. The van der Waals surface area contributed by atoms with E-state index in [0.717, 1.165) is 37.4 Å². The molecule has 1 fully saturated rings. The number of carbonyl (C=O) groups excluding carboxylic acids is 1. The molecule has 5 nitrogen and oxygen atoms in total. The van der Waals surface area contributed by atoms with Gasteiger partial charge in [-0.1, -0.05) is 31.4 Å². The molecule has 1 aromatic heterocycles. The van der Waals surface area contributed by atoms with Crippen LogP contribution >= 0.6 is 0 Å². The van der Waals surface area contributed by atoms with Gasteiger partial charge in [-0.3, -0.25) is 4.90 Å². The van der Waals surface area contributed by atoms with Crippen molar-refractivity contribution in [1.82, 2.24) is 14.9 Å². The van der Waals surface area contributed by atoms with Crippen molar-refractivity contribution in [3.63, 3.8) is 0 Å². The Bertz CT molecular complexity index is 815. The summed E-state index contributed by atoms with van der Waals surface area (Å²) >= 11 is 0. The van der Waals surface area contributed by atoms with Crippen LogP contribution in [0.15, 0.2) is 30.5 Å². The molecule has 142 valence electrons. The lowest BCUT2D eigenvalue weighted by atomic mass is 9.88. The van der Waals surface area contributed by atoms with E-state index in [2.05, 4.69) is 22.1 Å². The fourth-order valence-electron chi connectivity index (χ4n) is 4.24. The normalized spacial score (nSPS) is 18.1. The minimum Gasteiger partial charge on any atom is -0.465 e. The SMILES string of the molecule is COC(=O)c1cccc(CN2CCc3cnc(C4CCCCC4)nc3C2)c1. The van der Waals surface area contributed by atoms with Gasteiger partial charge in [0.25, 0.3) is 0 Å². The van der Waals surface area contributed by atoms with Crippen molar-refractivity contribution in [2.75, 3.05) is 13.7 Å². The van der Waals surface area contributed by atoms with Gasteiger partial charge in [0.15, 0.2) is 0 Å². The van der Waals surface area contributed by atoms with Gasteiger partial charge in [0, 0.05) is 31.7 Å². The quantitative estimate of drug-likeness (QED) is 0.770. The zero-order valence-electron chi connectivity index (χ0n) is 16.0. The van der Waals surface area contributed by atoms with Crippen LogP contribution in [0.3, 0.4) is 0 Å². The van der Waals surface area contributed by atoms with Crippen molar-refractivity contribution in [3.05, 3.63) is 58.7 Å².